The lowest BCUT2D eigenvalue weighted by atomic mass is 9.95. The Morgan fingerprint density at radius 2 is 1.81 bits per heavy atom. The van der Waals surface area contributed by atoms with Crippen LogP contribution >= 0.6 is 0 Å². The zero-order valence-electron chi connectivity index (χ0n) is 18.4. The number of carbonyl (C=O) groups excluding carboxylic acids is 1. The molecule has 2 saturated heterocycles. The molecule has 1 N–H and O–H groups in total. The largest absolute Gasteiger partial charge is 0.379 e. The van der Waals surface area contributed by atoms with Gasteiger partial charge in [-0.3, -0.25) is 4.79 Å². The number of morpholine rings is 1. The first-order chi connectivity index (χ1) is 15.5. The summed E-state index contributed by atoms with van der Waals surface area (Å²) in [5.41, 5.74) is 2.27. The van der Waals surface area contributed by atoms with E-state index in [4.69, 9.17) is 4.74 Å². The highest BCUT2D eigenvalue weighted by molar-refractivity contribution is 7.89. The fourth-order valence-corrected chi connectivity index (χ4v) is 5.81. The first kappa shape index (κ1) is 22.7. The minimum absolute atomic E-state index is 0.0510. The Kier molecular flexibility index (Phi) is 7.07. The van der Waals surface area contributed by atoms with Crippen LogP contribution in [0.3, 0.4) is 0 Å². The molecule has 0 saturated carbocycles. The van der Waals surface area contributed by atoms with Gasteiger partial charge in [-0.05, 0) is 43.0 Å². The highest BCUT2D eigenvalue weighted by atomic mass is 32.2. The summed E-state index contributed by atoms with van der Waals surface area (Å²) in [7, 11) is -3.65. The molecule has 0 radical (unpaired) electrons. The van der Waals surface area contributed by atoms with Crippen molar-refractivity contribution in [1.29, 1.82) is 0 Å². The molecule has 1 amide bonds. The molecule has 0 atom stereocenters. The number of nitrogens with one attached hydrogen (secondary N) is 1. The molecule has 0 aliphatic carbocycles. The highest BCUT2D eigenvalue weighted by Gasteiger charge is 2.33. The van der Waals surface area contributed by atoms with Gasteiger partial charge < -0.3 is 15.0 Å². The number of nitrogens with zero attached hydrogens (tertiary/aromatic N) is 3. The lowest BCUT2D eigenvalue weighted by molar-refractivity contribution is -0.125. The number of piperidine rings is 1. The summed E-state index contributed by atoms with van der Waals surface area (Å²) in [6.45, 7) is 5.23. The second kappa shape index (κ2) is 9.97. The number of sulfonamides is 1. The molecule has 3 heterocycles. The van der Waals surface area contributed by atoms with Crippen LogP contribution in [-0.2, 0) is 26.1 Å². The summed E-state index contributed by atoms with van der Waals surface area (Å²) in [6, 6.07) is 11.3. The second-order valence-electron chi connectivity index (χ2n) is 8.25. The summed E-state index contributed by atoms with van der Waals surface area (Å²) in [5, 5.41) is 3.06. The molecule has 2 fully saturated rings. The Balaban J connectivity index is 1.39. The number of carbonyl (C=O) groups is 1. The van der Waals surface area contributed by atoms with Crippen molar-refractivity contribution in [2.75, 3.05) is 44.3 Å². The van der Waals surface area contributed by atoms with Crippen molar-refractivity contribution >= 4 is 21.7 Å². The van der Waals surface area contributed by atoms with Gasteiger partial charge in [-0.2, -0.15) is 4.31 Å². The molecule has 2 aromatic rings. The van der Waals surface area contributed by atoms with Crippen molar-refractivity contribution in [1.82, 2.24) is 14.6 Å². The van der Waals surface area contributed by atoms with Crippen molar-refractivity contribution in [3.63, 3.8) is 0 Å². The molecule has 4 rings (SSSR count). The van der Waals surface area contributed by atoms with Crippen LogP contribution in [0.5, 0.6) is 0 Å². The summed E-state index contributed by atoms with van der Waals surface area (Å²) < 4.78 is 33.2. The molecular formula is C23H30N4O4S. The Morgan fingerprint density at radius 1 is 1.09 bits per heavy atom. The monoisotopic (exact) mass is 458 g/mol. The van der Waals surface area contributed by atoms with Gasteiger partial charge in [0.1, 0.15) is 10.7 Å². The van der Waals surface area contributed by atoms with Gasteiger partial charge in [-0.25, -0.2) is 13.4 Å². The van der Waals surface area contributed by atoms with Crippen LogP contribution in [-0.4, -0.2) is 63.0 Å². The van der Waals surface area contributed by atoms with E-state index in [1.165, 1.54) is 4.31 Å². The lowest BCUT2D eigenvalue weighted by Crippen LogP contribution is -2.43. The second-order valence-corrected chi connectivity index (χ2v) is 10.2. The summed E-state index contributed by atoms with van der Waals surface area (Å²) in [4.78, 5) is 19.3. The maximum absolute atomic E-state index is 13.2. The predicted octanol–water partition coefficient (Wildman–Crippen LogP) is 1.94. The molecule has 32 heavy (non-hydrogen) atoms. The van der Waals surface area contributed by atoms with Gasteiger partial charge >= 0.3 is 0 Å². The smallest absolute Gasteiger partial charge is 0.246 e. The quantitative estimate of drug-likeness (QED) is 0.711. The van der Waals surface area contributed by atoms with Crippen molar-refractivity contribution in [3.05, 3.63) is 53.7 Å². The number of benzene rings is 1. The molecule has 0 bridgehead atoms. The van der Waals surface area contributed by atoms with E-state index >= 15 is 0 Å². The molecule has 9 heteroatoms. The fraction of sp³-hybridized carbons (Fsp3) is 0.478. The fourth-order valence-electron chi connectivity index (χ4n) is 4.24. The van der Waals surface area contributed by atoms with E-state index in [0.717, 1.165) is 11.1 Å². The van der Waals surface area contributed by atoms with Gasteiger partial charge in [0.2, 0.25) is 15.9 Å². The molecule has 2 aliphatic rings. The summed E-state index contributed by atoms with van der Waals surface area (Å²) in [6.07, 6.45) is 2.94. The van der Waals surface area contributed by atoms with E-state index in [1.54, 1.807) is 18.3 Å². The third-order valence-corrected chi connectivity index (χ3v) is 8.14. The molecule has 0 spiro atoms. The maximum Gasteiger partial charge on any atom is 0.246 e. The van der Waals surface area contributed by atoms with Gasteiger partial charge in [0.25, 0.3) is 0 Å². The first-order valence-corrected chi connectivity index (χ1v) is 12.5. The highest BCUT2D eigenvalue weighted by Crippen LogP contribution is 2.29. The van der Waals surface area contributed by atoms with Gasteiger partial charge in [0.05, 0.1) is 13.2 Å². The maximum atomic E-state index is 13.2. The zero-order chi connectivity index (χ0) is 22.6. The van der Waals surface area contributed by atoms with E-state index in [1.807, 2.05) is 36.1 Å². The van der Waals surface area contributed by atoms with Gasteiger partial charge in [0, 0.05) is 44.8 Å². The zero-order valence-corrected chi connectivity index (χ0v) is 19.2. The number of amides is 1. The minimum Gasteiger partial charge on any atom is -0.379 e. The van der Waals surface area contributed by atoms with Crippen LogP contribution in [0.4, 0.5) is 5.82 Å². The topological polar surface area (TPSA) is 91.8 Å². The number of hydrogen-bond acceptors (Lipinski definition) is 6. The number of hydrogen-bond donors (Lipinski definition) is 1. The van der Waals surface area contributed by atoms with E-state index < -0.39 is 10.0 Å². The van der Waals surface area contributed by atoms with E-state index in [0.29, 0.717) is 64.6 Å². The Hall–Kier alpha value is -2.49. The molecule has 1 aromatic heterocycles. The normalized spacial score (nSPS) is 18.5. The first-order valence-electron chi connectivity index (χ1n) is 11.1. The minimum atomic E-state index is -3.65. The number of pyridine rings is 1. The van der Waals surface area contributed by atoms with Gasteiger partial charge in [0.15, 0.2) is 0 Å². The standard InChI is InChI=1S/C23H30N4O4S/c1-18-5-2-3-6-20(18)17-25-23(28)19-8-11-26(12-9-19)22-21(7-4-10-24-22)32(29,30)27-13-15-31-16-14-27/h2-7,10,19H,8-9,11-17H2,1H3,(H,25,28). The van der Waals surface area contributed by atoms with Crippen LogP contribution in [0.1, 0.15) is 24.0 Å². The predicted molar refractivity (Wildman–Crippen MR) is 122 cm³/mol. The lowest BCUT2D eigenvalue weighted by Gasteiger charge is -2.34. The van der Waals surface area contributed by atoms with E-state index in [9.17, 15) is 13.2 Å². The van der Waals surface area contributed by atoms with Crippen molar-refractivity contribution in [2.24, 2.45) is 5.92 Å². The third kappa shape index (κ3) is 4.95. The van der Waals surface area contributed by atoms with Crippen LogP contribution in [0.15, 0.2) is 47.5 Å². The molecule has 2 aliphatic heterocycles. The van der Waals surface area contributed by atoms with Crippen LogP contribution in [0, 0.1) is 12.8 Å². The number of aryl methyl sites for hydroxylation is 1. The van der Waals surface area contributed by atoms with Crippen molar-refractivity contribution < 1.29 is 17.9 Å². The number of aromatic nitrogens is 1. The molecule has 1 aromatic carbocycles. The number of anilines is 1. The molecule has 0 unspecified atom stereocenters. The van der Waals surface area contributed by atoms with Crippen LogP contribution in [0.2, 0.25) is 0 Å². The van der Waals surface area contributed by atoms with Gasteiger partial charge in [-0.1, -0.05) is 24.3 Å². The summed E-state index contributed by atoms with van der Waals surface area (Å²) >= 11 is 0. The Labute approximate surface area is 189 Å². The number of rotatable bonds is 6. The van der Waals surface area contributed by atoms with Gasteiger partial charge in [-0.15, -0.1) is 0 Å². The third-order valence-electron chi connectivity index (χ3n) is 6.22. The number of ether oxygens (including phenoxy) is 1. The average molecular weight is 459 g/mol. The van der Waals surface area contributed by atoms with Crippen LogP contribution < -0.4 is 10.2 Å². The van der Waals surface area contributed by atoms with Crippen LogP contribution in [0.25, 0.3) is 0 Å². The van der Waals surface area contributed by atoms with Crippen molar-refractivity contribution in [2.45, 2.75) is 31.2 Å². The molecule has 172 valence electrons. The Bertz CT molecular complexity index is 1050. The van der Waals surface area contributed by atoms with E-state index in [-0.39, 0.29) is 16.7 Å². The average Bonchev–Trinajstić information content (AvgIpc) is 2.84. The summed E-state index contributed by atoms with van der Waals surface area (Å²) in [5.74, 6) is 0.436. The molecular weight excluding hydrogens is 428 g/mol. The molecule has 8 nitrogen and oxygen atoms in total. The van der Waals surface area contributed by atoms with E-state index in [2.05, 4.69) is 10.3 Å². The van der Waals surface area contributed by atoms with Crippen molar-refractivity contribution in [3.8, 4) is 0 Å². The Morgan fingerprint density at radius 3 is 2.53 bits per heavy atom. The SMILES string of the molecule is Cc1ccccc1CNC(=O)C1CCN(c2ncccc2S(=O)(=O)N2CCOCC2)CC1.